The van der Waals surface area contributed by atoms with E-state index < -0.39 is 0 Å². The molecule has 1 atom stereocenters. The fourth-order valence-electron chi connectivity index (χ4n) is 1.16. The summed E-state index contributed by atoms with van der Waals surface area (Å²) in [5.74, 6) is -0.169. The number of rotatable bonds is 3. The molecule has 0 aliphatic carbocycles. The number of halogens is 1. The van der Waals surface area contributed by atoms with Gasteiger partial charge in [-0.2, -0.15) is 0 Å². The van der Waals surface area contributed by atoms with Crippen LogP contribution in [0.1, 0.15) is 18.5 Å². The standard InChI is InChI=1S/C10H13ClN2O/c1-7(13-10(14)6-12)8-3-2-4-9(11)5-8/h2-5,7H,6,12H2,1H3,(H,13,14)/t7-/m1/s1. The summed E-state index contributed by atoms with van der Waals surface area (Å²) in [6.45, 7) is 1.89. The highest BCUT2D eigenvalue weighted by Gasteiger charge is 2.07. The summed E-state index contributed by atoms with van der Waals surface area (Å²) < 4.78 is 0. The van der Waals surface area contributed by atoms with Gasteiger partial charge in [-0.05, 0) is 24.6 Å². The lowest BCUT2D eigenvalue weighted by Crippen LogP contribution is -2.32. The van der Waals surface area contributed by atoms with Crippen LogP contribution in [-0.4, -0.2) is 12.5 Å². The summed E-state index contributed by atoms with van der Waals surface area (Å²) in [4.78, 5) is 11.0. The Balaban J connectivity index is 2.69. The monoisotopic (exact) mass is 212 g/mol. The molecule has 0 spiro atoms. The van der Waals surface area contributed by atoms with Crippen LogP contribution < -0.4 is 11.1 Å². The zero-order chi connectivity index (χ0) is 10.6. The highest BCUT2D eigenvalue weighted by atomic mass is 35.5. The van der Waals surface area contributed by atoms with Gasteiger partial charge in [0.05, 0.1) is 12.6 Å². The van der Waals surface area contributed by atoms with Crippen LogP contribution in [0.2, 0.25) is 5.02 Å². The Kier molecular flexibility index (Phi) is 3.92. The minimum Gasteiger partial charge on any atom is -0.348 e. The second kappa shape index (κ2) is 4.98. The fourth-order valence-corrected chi connectivity index (χ4v) is 1.36. The van der Waals surface area contributed by atoms with Crippen LogP contribution >= 0.6 is 11.6 Å². The molecule has 3 N–H and O–H groups in total. The highest BCUT2D eigenvalue weighted by Crippen LogP contribution is 2.16. The van der Waals surface area contributed by atoms with Crippen LogP contribution in [0.15, 0.2) is 24.3 Å². The molecular weight excluding hydrogens is 200 g/mol. The van der Waals surface area contributed by atoms with Crippen molar-refractivity contribution in [1.82, 2.24) is 5.32 Å². The molecule has 1 rings (SSSR count). The van der Waals surface area contributed by atoms with Gasteiger partial charge in [0.1, 0.15) is 0 Å². The molecule has 76 valence electrons. The SMILES string of the molecule is C[C@@H](NC(=O)CN)c1cccc(Cl)c1. The lowest BCUT2D eigenvalue weighted by atomic mass is 10.1. The molecule has 1 aromatic carbocycles. The molecule has 1 amide bonds. The third-order valence-electron chi connectivity index (χ3n) is 1.91. The summed E-state index contributed by atoms with van der Waals surface area (Å²) in [6.07, 6.45) is 0. The number of amides is 1. The summed E-state index contributed by atoms with van der Waals surface area (Å²) in [5.41, 5.74) is 6.16. The van der Waals surface area contributed by atoms with Gasteiger partial charge in [-0.15, -0.1) is 0 Å². The number of carbonyl (C=O) groups is 1. The predicted octanol–water partition coefficient (Wildman–Crippen LogP) is 1.48. The fraction of sp³-hybridized carbons (Fsp3) is 0.300. The average molecular weight is 213 g/mol. The van der Waals surface area contributed by atoms with E-state index in [-0.39, 0.29) is 18.5 Å². The number of benzene rings is 1. The Hall–Kier alpha value is -1.06. The number of hydrogen-bond acceptors (Lipinski definition) is 2. The molecule has 0 radical (unpaired) electrons. The van der Waals surface area contributed by atoms with E-state index >= 15 is 0 Å². The van der Waals surface area contributed by atoms with E-state index in [1.807, 2.05) is 25.1 Å². The molecule has 0 heterocycles. The Morgan fingerprint density at radius 2 is 2.36 bits per heavy atom. The molecule has 0 unspecified atom stereocenters. The van der Waals surface area contributed by atoms with Gasteiger partial charge >= 0.3 is 0 Å². The minimum absolute atomic E-state index is 0.00487. The van der Waals surface area contributed by atoms with Gasteiger partial charge < -0.3 is 11.1 Å². The first-order valence-corrected chi connectivity index (χ1v) is 4.76. The molecule has 0 aliphatic rings. The van der Waals surface area contributed by atoms with E-state index in [0.717, 1.165) is 5.56 Å². The molecule has 0 saturated heterocycles. The average Bonchev–Trinajstić information content (AvgIpc) is 2.17. The van der Waals surface area contributed by atoms with Crippen molar-refractivity contribution in [3.63, 3.8) is 0 Å². The quantitative estimate of drug-likeness (QED) is 0.798. The van der Waals surface area contributed by atoms with Gasteiger partial charge in [-0.25, -0.2) is 0 Å². The maximum Gasteiger partial charge on any atom is 0.234 e. The van der Waals surface area contributed by atoms with Gasteiger partial charge in [-0.3, -0.25) is 4.79 Å². The maximum absolute atomic E-state index is 11.0. The Morgan fingerprint density at radius 1 is 1.64 bits per heavy atom. The van der Waals surface area contributed by atoms with E-state index in [4.69, 9.17) is 17.3 Å². The van der Waals surface area contributed by atoms with Crippen molar-refractivity contribution in [2.45, 2.75) is 13.0 Å². The van der Waals surface area contributed by atoms with Crippen LogP contribution in [0.3, 0.4) is 0 Å². The zero-order valence-electron chi connectivity index (χ0n) is 7.96. The molecule has 0 fully saturated rings. The van der Waals surface area contributed by atoms with Gasteiger partial charge in [0.2, 0.25) is 5.91 Å². The first-order chi connectivity index (χ1) is 6.63. The minimum atomic E-state index is -0.169. The number of nitrogens with one attached hydrogen (secondary N) is 1. The number of nitrogens with two attached hydrogens (primary N) is 1. The smallest absolute Gasteiger partial charge is 0.234 e. The van der Waals surface area contributed by atoms with E-state index in [1.54, 1.807) is 6.07 Å². The largest absolute Gasteiger partial charge is 0.348 e. The van der Waals surface area contributed by atoms with Gasteiger partial charge in [0.15, 0.2) is 0 Å². The molecule has 4 heteroatoms. The number of carbonyl (C=O) groups excluding carboxylic acids is 1. The lowest BCUT2D eigenvalue weighted by molar-refractivity contribution is -0.120. The Bertz CT molecular complexity index is 328. The second-order valence-electron chi connectivity index (χ2n) is 3.05. The summed E-state index contributed by atoms with van der Waals surface area (Å²) in [5, 5.41) is 3.41. The molecule has 0 saturated carbocycles. The third-order valence-corrected chi connectivity index (χ3v) is 2.15. The molecule has 0 bridgehead atoms. The van der Waals surface area contributed by atoms with Gasteiger partial charge in [-0.1, -0.05) is 23.7 Å². The van der Waals surface area contributed by atoms with Crippen molar-refractivity contribution >= 4 is 17.5 Å². The summed E-state index contributed by atoms with van der Waals surface area (Å²) in [6, 6.07) is 7.31. The van der Waals surface area contributed by atoms with Crippen molar-refractivity contribution in [2.75, 3.05) is 6.54 Å². The van der Waals surface area contributed by atoms with E-state index in [9.17, 15) is 4.79 Å². The predicted molar refractivity (Wildman–Crippen MR) is 57.1 cm³/mol. The van der Waals surface area contributed by atoms with E-state index in [2.05, 4.69) is 5.32 Å². The molecule has 0 aromatic heterocycles. The zero-order valence-corrected chi connectivity index (χ0v) is 8.71. The van der Waals surface area contributed by atoms with Crippen molar-refractivity contribution < 1.29 is 4.79 Å². The third kappa shape index (κ3) is 3.01. The van der Waals surface area contributed by atoms with Crippen molar-refractivity contribution in [2.24, 2.45) is 5.73 Å². The van der Waals surface area contributed by atoms with Crippen LogP contribution in [-0.2, 0) is 4.79 Å². The van der Waals surface area contributed by atoms with E-state index in [0.29, 0.717) is 5.02 Å². The van der Waals surface area contributed by atoms with Crippen molar-refractivity contribution in [3.8, 4) is 0 Å². The van der Waals surface area contributed by atoms with Crippen molar-refractivity contribution in [1.29, 1.82) is 0 Å². The molecular formula is C10H13ClN2O. The van der Waals surface area contributed by atoms with E-state index in [1.165, 1.54) is 0 Å². The second-order valence-corrected chi connectivity index (χ2v) is 3.48. The Labute approximate surface area is 88.2 Å². The molecule has 1 aromatic rings. The highest BCUT2D eigenvalue weighted by molar-refractivity contribution is 6.30. The first kappa shape index (κ1) is 11.0. The molecule has 14 heavy (non-hydrogen) atoms. The maximum atomic E-state index is 11.0. The van der Waals surface area contributed by atoms with Gasteiger partial charge in [0.25, 0.3) is 0 Å². The van der Waals surface area contributed by atoms with Crippen LogP contribution in [0.4, 0.5) is 0 Å². The van der Waals surface area contributed by atoms with Crippen LogP contribution in [0.25, 0.3) is 0 Å². The summed E-state index contributed by atoms with van der Waals surface area (Å²) in [7, 11) is 0. The van der Waals surface area contributed by atoms with Crippen LogP contribution in [0, 0.1) is 0 Å². The Morgan fingerprint density at radius 3 is 2.93 bits per heavy atom. The normalized spacial score (nSPS) is 12.2. The summed E-state index contributed by atoms with van der Waals surface area (Å²) >= 11 is 5.82. The van der Waals surface area contributed by atoms with Crippen molar-refractivity contribution in [3.05, 3.63) is 34.9 Å². The molecule has 0 aliphatic heterocycles. The topological polar surface area (TPSA) is 55.1 Å². The van der Waals surface area contributed by atoms with Crippen LogP contribution in [0.5, 0.6) is 0 Å². The number of hydrogen-bond donors (Lipinski definition) is 2. The van der Waals surface area contributed by atoms with Gasteiger partial charge in [0, 0.05) is 5.02 Å². The molecule has 3 nitrogen and oxygen atoms in total. The first-order valence-electron chi connectivity index (χ1n) is 4.38. The lowest BCUT2D eigenvalue weighted by Gasteiger charge is -2.13.